The maximum atomic E-state index is 13.2. The minimum absolute atomic E-state index is 0.0723. The highest BCUT2D eigenvalue weighted by atomic mass is 35.5. The lowest BCUT2D eigenvalue weighted by Gasteiger charge is -2.08. The number of hydrogen-bond acceptors (Lipinski definition) is 5. The summed E-state index contributed by atoms with van der Waals surface area (Å²) in [6, 6.07) is 11.2. The molecule has 0 aliphatic carbocycles. The molecule has 3 rings (SSSR count). The molecule has 0 atom stereocenters. The van der Waals surface area contributed by atoms with E-state index in [4.69, 9.17) is 16.3 Å². The van der Waals surface area contributed by atoms with E-state index in [1.807, 2.05) is 18.2 Å². The Labute approximate surface area is 154 Å². The topological polar surface area (TPSA) is 76.1 Å². The molecule has 0 saturated carbocycles. The van der Waals surface area contributed by atoms with Crippen LogP contribution >= 0.6 is 11.6 Å². The molecule has 0 aliphatic heterocycles. The van der Waals surface area contributed by atoms with Gasteiger partial charge in [-0.25, -0.2) is 14.4 Å². The van der Waals surface area contributed by atoms with E-state index >= 15 is 0 Å². The van der Waals surface area contributed by atoms with Crippen molar-refractivity contribution in [1.82, 2.24) is 9.97 Å². The van der Waals surface area contributed by atoms with Crippen molar-refractivity contribution >= 4 is 34.8 Å². The van der Waals surface area contributed by atoms with E-state index < -0.39 is 11.7 Å². The van der Waals surface area contributed by atoms with Crippen LogP contribution in [0.4, 0.5) is 21.7 Å². The first-order valence-electron chi connectivity index (χ1n) is 7.54. The van der Waals surface area contributed by atoms with E-state index in [0.717, 1.165) is 5.69 Å². The van der Waals surface area contributed by atoms with Crippen LogP contribution < -0.4 is 15.4 Å². The number of halogens is 2. The van der Waals surface area contributed by atoms with E-state index in [9.17, 15) is 9.18 Å². The Kier molecular flexibility index (Phi) is 5.28. The number of nitrogens with one attached hydrogen (secondary N) is 2. The van der Waals surface area contributed by atoms with E-state index in [2.05, 4.69) is 20.6 Å². The van der Waals surface area contributed by atoms with Gasteiger partial charge in [-0.15, -0.1) is 0 Å². The summed E-state index contributed by atoms with van der Waals surface area (Å²) in [5, 5.41) is 5.55. The fourth-order valence-electron chi connectivity index (χ4n) is 2.12. The zero-order valence-corrected chi connectivity index (χ0v) is 14.4. The van der Waals surface area contributed by atoms with Gasteiger partial charge in [-0.2, -0.15) is 0 Å². The maximum Gasteiger partial charge on any atom is 0.258 e. The average Bonchev–Trinajstić information content (AvgIpc) is 2.65. The number of anilines is 3. The van der Waals surface area contributed by atoms with Gasteiger partial charge in [0, 0.05) is 29.8 Å². The van der Waals surface area contributed by atoms with E-state index in [1.165, 1.54) is 30.6 Å². The fraction of sp³-hybridized carbons (Fsp3) is 0.0556. The molecule has 132 valence electrons. The normalized spacial score (nSPS) is 10.3. The Morgan fingerprint density at radius 2 is 1.88 bits per heavy atom. The van der Waals surface area contributed by atoms with E-state index in [1.54, 1.807) is 13.2 Å². The highest BCUT2D eigenvalue weighted by Gasteiger charge is 2.09. The molecule has 0 radical (unpaired) electrons. The molecule has 0 bridgehead atoms. The SMILES string of the molecule is COc1cccc(Nc2ncc(C(=O)Nc3ccc(F)c(Cl)c3)cn2)c1. The van der Waals surface area contributed by atoms with Gasteiger partial charge in [0.2, 0.25) is 5.95 Å². The molecule has 1 heterocycles. The summed E-state index contributed by atoms with van der Waals surface area (Å²) in [6.07, 6.45) is 2.77. The van der Waals surface area contributed by atoms with Crippen LogP contribution in [-0.4, -0.2) is 23.0 Å². The number of nitrogens with zero attached hydrogens (tertiary/aromatic N) is 2. The van der Waals surface area contributed by atoms with Gasteiger partial charge in [-0.3, -0.25) is 4.79 Å². The maximum absolute atomic E-state index is 13.2. The second kappa shape index (κ2) is 7.79. The molecule has 0 fully saturated rings. The first-order chi connectivity index (χ1) is 12.5. The van der Waals surface area contributed by atoms with Crippen LogP contribution in [0.2, 0.25) is 5.02 Å². The molecule has 3 aromatic rings. The van der Waals surface area contributed by atoms with Gasteiger partial charge in [-0.05, 0) is 30.3 Å². The number of amides is 1. The van der Waals surface area contributed by atoms with Crippen molar-refractivity contribution in [2.45, 2.75) is 0 Å². The summed E-state index contributed by atoms with van der Waals surface area (Å²) in [5.74, 6) is 0.0464. The number of methoxy groups -OCH3 is 1. The molecule has 0 saturated heterocycles. The van der Waals surface area contributed by atoms with Gasteiger partial charge in [0.05, 0.1) is 17.7 Å². The first kappa shape index (κ1) is 17.6. The van der Waals surface area contributed by atoms with Gasteiger partial charge < -0.3 is 15.4 Å². The summed E-state index contributed by atoms with van der Waals surface area (Å²) in [6.45, 7) is 0. The van der Waals surface area contributed by atoms with Crippen molar-refractivity contribution in [2.75, 3.05) is 17.7 Å². The number of benzene rings is 2. The second-order valence-corrected chi connectivity index (χ2v) is 5.64. The first-order valence-corrected chi connectivity index (χ1v) is 7.92. The standard InChI is InChI=1S/C18H14ClFN4O2/c1-26-14-4-2-3-12(7-14)24-18-21-9-11(10-22-18)17(25)23-13-5-6-16(20)15(19)8-13/h2-10H,1H3,(H,23,25)(H,21,22,24). The Morgan fingerprint density at radius 1 is 1.12 bits per heavy atom. The molecule has 8 heteroatoms. The highest BCUT2D eigenvalue weighted by molar-refractivity contribution is 6.31. The lowest BCUT2D eigenvalue weighted by molar-refractivity contribution is 0.102. The van der Waals surface area contributed by atoms with Crippen LogP contribution in [0.3, 0.4) is 0 Å². The van der Waals surface area contributed by atoms with Gasteiger partial charge in [0.15, 0.2) is 0 Å². The molecule has 6 nitrogen and oxygen atoms in total. The third-order valence-electron chi connectivity index (χ3n) is 3.42. The van der Waals surface area contributed by atoms with Crippen LogP contribution in [-0.2, 0) is 0 Å². The molecule has 2 N–H and O–H groups in total. The molecule has 0 spiro atoms. The largest absolute Gasteiger partial charge is 0.497 e. The summed E-state index contributed by atoms with van der Waals surface area (Å²) >= 11 is 5.69. The quantitative estimate of drug-likeness (QED) is 0.699. The Hall–Kier alpha value is -3.19. The monoisotopic (exact) mass is 372 g/mol. The van der Waals surface area contributed by atoms with Crippen LogP contribution in [0.1, 0.15) is 10.4 Å². The van der Waals surface area contributed by atoms with Gasteiger partial charge in [0.1, 0.15) is 11.6 Å². The molecular formula is C18H14ClFN4O2. The molecule has 1 aromatic heterocycles. The van der Waals surface area contributed by atoms with Crippen molar-refractivity contribution in [3.8, 4) is 5.75 Å². The number of carbonyl (C=O) groups excluding carboxylic acids is 1. The minimum Gasteiger partial charge on any atom is -0.497 e. The molecular weight excluding hydrogens is 359 g/mol. The average molecular weight is 373 g/mol. The third-order valence-corrected chi connectivity index (χ3v) is 3.71. The number of ether oxygens (including phenoxy) is 1. The summed E-state index contributed by atoms with van der Waals surface area (Å²) in [7, 11) is 1.58. The summed E-state index contributed by atoms with van der Waals surface area (Å²) in [4.78, 5) is 20.4. The summed E-state index contributed by atoms with van der Waals surface area (Å²) in [5.41, 5.74) is 1.38. The van der Waals surface area contributed by atoms with Gasteiger partial charge in [-0.1, -0.05) is 17.7 Å². The molecule has 0 unspecified atom stereocenters. The van der Waals surface area contributed by atoms with Crippen molar-refractivity contribution in [3.05, 3.63) is 71.3 Å². The zero-order valence-electron chi connectivity index (χ0n) is 13.7. The van der Waals surface area contributed by atoms with Crippen molar-refractivity contribution in [2.24, 2.45) is 0 Å². The Balaban J connectivity index is 1.68. The van der Waals surface area contributed by atoms with Gasteiger partial charge >= 0.3 is 0 Å². The third kappa shape index (κ3) is 4.25. The fourth-order valence-corrected chi connectivity index (χ4v) is 2.30. The van der Waals surface area contributed by atoms with Crippen LogP contribution in [0.25, 0.3) is 0 Å². The number of aromatic nitrogens is 2. The smallest absolute Gasteiger partial charge is 0.258 e. The number of hydrogen-bond donors (Lipinski definition) is 2. The molecule has 1 amide bonds. The van der Waals surface area contributed by atoms with Crippen molar-refractivity contribution < 1.29 is 13.9 Å². The highest BCUT2D eigenvalue weighted by Crippen LogP contribution is 2.21. The second-order valence-electron chi connectivity index (χ2n) is 5.24. The lowest BCUT2D eigenvalue weighted by Crippen LogP contribution is -2.13. The van der Waals surface area contributed by atoms with Crippen LogP contribution in [0, 0.1) is 5.82 Å². The lowest BCUT2D eigenvalue weighted by atomic mass is 10.2. The predicted molar refractivity (Wildman–Crippen MR) is 97.7 cm³/mol. The Morgan fingerprint density at radius 3 is 2.58 bits per heavy atom. The zero-order chi connectivity index (χ0) is 18.5. The van der Waals surface area contributed by atoms with Crippen LogP contribution in [0.5, 0.6) is 5.75 Å². The number of rotatable bonds is 5. The van der Waals surface area contributed by atoms with Gasteiger partial charge in [0.25, 0.3) is 5.91 Å². The minimum atomic E-state index is -0.555. The molecule has 0 aliphatic rings. The predicted octanol–water partition coefficient (Wildman–Crippen LogP) is 4.27. The van der Waals surface area contributed by atoms with Crippen LogP contribution in [0.15, 0.2) is 54.9 Å². The molecule has 2 aromatic carbocycles. The van der Waals surface area contributed by atoms with E-state index in [-0.39, 0.29) is 10.6 Å². The number of carbonyl (C=O) groups is 1. The van der Waals surface area contributed by atoms with Crippen molar-refractivity contribution in [3.63, 3.8) is 0 Å². The van der Waals surface area contributed by atoms with Crippen molar-refractivity contribution in [1.29, 1.82) is 0 Å². The van der Waals surface area contributed by atoms with E-state index in [0.29, 0.717) is 17.4 Å². The Bertz CT molecular complexity index is 935. The molecule has 26 heavy (non-hydrogen) atoms. The summed E-state index contributed by atoms with van der Waals surface area (Å²) < 4.78 is 18.3.